The fourth-order valence-electron chi connectivity index (χ4n) is 1.23. The fourth-order valence-corrected chi connectivity index (χ4v) is 2.22. The minimum atomic E-state index is -0.256. The van der Waals surface area contributed by atoms with Crippen LogP contribution >= 0.6 is 11.8 Å². The van der Waals surface area contributed by atoms with E-state index < -0.39 is 0 Å². The van der Waals surface area contributed by atoms with E-state index in [9.17, 15) is 4.79 Å². The molecule has 2 unspecified atom stereocenters. The number of ether oxygens (including phenoxy) is 1. The minimum absolute atomic E-state index is 0.0279. The summed E-state index contributed by atoms with van der Waals surface area (Å²) in [7, 11) is 1.61. The lowest BCUT2D eigenvalue weighted by molar-refractivity contribution is -0.122. The van der Waals surface area contributed by atoms with Crippen LogP contribution in [0.4, 0.5) is 0 Å². The summed E-state index contributed by atoms with van der Waals surface area (Å²) in [5, 5.41) is 6.74. The zero-order valence-electron chi connectivity index (χ0n) is 9.95. The number of thioether (sulfide) groups is 1. The Kier molecular flexibility index (Phi) is 5.62. The third-order valence-electron chi connectivity index (χ3n) is 2.14. The van der Waals surface area contributed by atoms with Crippen molar-refractivity contribution in [2.75, 3.05) is 26.0 Å². The molecule has 2 N–H and O–H groups in total. The second kappa shape index (κ2) is 6.75. The average molecular weight is 245 g/mol. The Hall–Kier alpha value is -0.750. The lowest BCUT2D eigenvalue weighted by Crippen LogP contribution is -2.44. The summed E-state index contributed by atoms with van der Waals surface area (Å²) >= 11 is 1.66. The summed E-state index contributed by atoms with van der Waals surface area (Å²) in [5.41, 5.74) is 0. The maximum atomic E-state index is 11.6. The maximum absolute atomic E-state index is 11.6. The number of methoxy groups -OCH3 is 1. The lowest BCUT2D eigenvalue weighted by atomic mass is 10.3. The molecule has 5 nitrogen and oxygen atoms in total. The first-order valence-corrected chi connectivity index (χ1v) is 6.36. The van der Waals surface area contributed by atoms with Crippen LogP contribution in [0.3, 0.4) is 0 Å². The summed E-state index contributed by atoms with van der Waals surface area (Å²) in [6.07, 6.45) is 0. The van der Waals surface area contributed by atoms with Crippen LogP contribution in [0, 0.1) is 0 Å². The molecule has 6 heteroatoms. The first-order valence-electron chi connectivity index (χ1n) is 5.37. The second-order valence-corrected chi connectivity index (χ2v) is 4.75. The van der Waals surface area contributed by atoms with E-state index in [1.165, 1.54) is 0 Å². The number of amides is 1. The van der Waals surface area contributed by atoms with Crippen LogP contribution in [0.2, 0.25) is 0 Å². The van der Waals surface area contributed by atoms with Gasteiger partial charge in [0.15, 0.2) is 5.17 Å². The molecular weight excluding hydrogens is 226 g/mol. The minimum Gasteiger partial charge on any atom is -0.383 e. The van der Waals surface area contributed by atoms with Crippen molar-refractivity contribution < 1.29 is 9.53 Å². The highest BCUT2D eigenvalue weighted by molar-refractivity contribution is 8.14. The van der Waals surface area contributed by atoms with E-state index >= 15 is 0 Å². The maximum Gasteiger partial charge on any atom is 0.242 e. The summed E-state index contributed by atoms with van der Waals surface area (Å²) in [6, 6.07) is 0.0876. The molecule has 0 aromatic rings. The SMILES string of the molecule is COCCNC(=O)C(C)NC1=NC(C)CS1. The predicted molar refractivity (Wildman–Crippen MR) is 66.8 cm³/mol. The number of hydrogen-bond acceptors (Lipinski definition) is 5. The molecule has 1 rings (SSSR count). The number of carbonyl (C=O) groups excluding carboxylic acids is 1. The quantitative estimate of drug-likeness (QED) is 0.680. The molecule has 0 radical (unpaired) electrons. The molecule has 0 spiro atoms. The van der Waals surface area contributed by atoms with Crippen molar-refractivity contribution in [1.82, 2.24) is 10.6 Å². The van der Waals surface area contributed by atoms with Crippen molar-refractivity contribution >= 4 is 22.8 Å². The van der Waals surface area contributed by atoms with Crippen LogP contribution in [0.25, 0.3) is 0 Å². The Labute approximate surface area is 100 Å². The zero-order chi connectivity index (χ0) is 12.0. The number of rotatable bonds is 5. The van der Waals surface area contributed by atoms with Crippen LogP contribution in [-0.2, 0) is 9.53 Å². The van der Waals surface area contributed by atoms with Gasteiger partial charge in [-0.25, -0.2) is 0 Å². The number of nitrogens with one attached hydrogen (secondary N) is 2. The van der Waals surface area contributed by atoms with E-state index in [0.29, 0.717) is 19.2 Å². The number of aliphatic imine (C=N–C) groups is 1. The zero-order valence-corrected chi connectivity index (χ0v) is 10.8. The molecule has 0 saturated heterocycles. The normalized spacial score (nSPS) is 21.4. The topological polar surface area (TPSA) is 62.7 Å². The summed E-state index contributed by atoms with van der Waals surface area (Å²) in [4.78, 5) is 16.0. The molecule has 0 aromatic carbocycles. The van der Waals surface area contributed by atoms with Gasteiger partial charge >= 0.3 is 0 Å². The van der Waals surface area contributed by atoms with Gasteiger partial charge in [-0.2, -0.15) is 0 Å². The standard InChI is InChI=1S/C10H19N3O2S/c1-7-6-16-10(12-7)13-8(2)9(14)11-4-5-15-3/h7-8H,4-6H2,1-3H3,(H,11,14)(H,12,13). The third kappa shape index (κ3) is 4.40. The van der Waals surface area contributed by atoms with Gasteiger partial charge < -0.3 is 15.4 Å². The van der Waals surface area contributed by atoms with Crippen molar-refractivity contribution in [2.45, 2.75) is 25.9 Å². The Balaban J connectivity index is 2.26. The highest BCUT2D eigenvalue weighted by atomic mass is 32.2. The van der Waals surface area contributed by atoms with Gasteiger partial charge in [-0.1, -0.05) is 11.8 Å². The first kappa shape index (κ1) is 13.3. The Morgan fingerprint density at radius 1 is 1.75 bits per heavy atom. The van der Waals surface area contributed by atoms with E-state index in [0.717, 1.165) is 10.9 Å². The fraction of sp³-hybridized carbons (Fsp3) is 0.800. The molecular formula is C10H19N3O2S. The summed E-state index contributed by atoms with van der Waals surface area (Å²) < 4.78 is 4.86. The highest BCUT2D eigenvalue weighted by Gasteiger charge is 2.18. The van der Waals surface area contributed by atoms with E-state index in [-0.39, 0.29) is 11.9 Å². The molecule has 1 aliphatic rings. The number of amidine groups is 1. The predicted octanol–water partition coefficient (Wildman–Crippen LogP) is 0.218. The number of nitrogens with zero attached hydrogens (tertiary/aromatic N) is 1. The Morgan fingerprint density at radius 3 is 3.06 bits per heavy atom. The molecule has 92 valence electrons. The largest absolute Gasteiger partial charge is 0.383 e. The van der Waals surface area contributed by atoms with Gasteiger partial charge in [0.2, 0.25) is 5.91 Å². The van der Waals surface area contributed by atoms with E-state index in [1.807, 2.05) is 6.92 Å². The number of carbonyl (C=O) groups is 1. The second-order valence-electron chi connectivity index (χ2n) is 3.74. The van der Waals surface area contributed by atoms with Crippen molar-refractivity contribution in [2.24, 2.45) is 4.99 Å². The van der Waals surface area contributed by atoms with Crippen molar-refractivity contribution in [3.63, 3.8) is 0 Å². The molecule has 2 atom stereocenters. The first-order chi connectivity index (χ1) is 7.63. The van der Waals surface area contributed by atoms with Gasteiger partial charge in [0, 0.05) is 19.4 Å². The van der Waals surface area contributed by atoms with Gasteiger partial charge in [-0.05, 0) is 13.8 Å². The summed E-state index contributed by atoms with van der Waals surface area (Å²) in [5.74, 6) is 0.959. The molecule has 0 fully saturated rings. The Bertz CT molecular complexity index is 271. The third-order valence-corrected chi connectivity index (χ3v) is 3.28. The monoisotopic (exact) mass is 245 g/mol. The highest BCUT2D eigenvalue weighted by Crippen LogP contribution is 2.15. The van der Waals surface area contributed by atoms with Crippen LogP contribution in [0.15, 0.2) is 4.99 Å². The molecule has 0 aliphatic carbocycles. The molecule has 0 saturated carbocycles. The van der Waals surface area contributed by atoms with Crippen LogP contribution in [-0.4, -0.2) is 49.2 Å². The molecule has 1 amide bonds. The van der Waals surface area contributed by atoms with E-state index in [1.54, 1.807) is 18.9 Å². The van der Waals surface area contributed by atoms with Gasteiger partial charge in [0.1, 0.15) is 6.04 Å². The molecule has 1 heterocycles. The van der Waals surface area contributed by atoms with E-state index in [2.05, 4.69) is 22.5 Å². The lowest BCUT2D eigenvalue weighted by Gasteiger charge is -2.14. The molecule has 16 heavy (non-hydrogen) atoms. The Morgan fingerprint density at radius 2 is 2.50 bits per heavy atom. The number of hydrogen-bond donors (Lipinski definition) is 2. The molecule has 1 aliphatic heterocycles. The van der Waals surface area contributed by atoms with Gasteiger partial charge in [0.25, 0.3) is 0 Å². The average Bonchev–Trinajstić information content (AvgIpc) is 2.64. The van der Waals surface area contributed by atoms with Crippen molar-refractivity contribution in [3.05, 3.63) is 0 Å². The molecule has 0 bridgehead atoms. The van der Waals surface area contributed by atoms with Gasteiger partial charge in [0.05, 0.1) is 12.6 Å². The van der Waals surface area contributed by atoms with Crippen LogP contribution in [0.1, 0.15) is 13.8 Å². The summed E-state index contributed by atoms with van der Waals surface area (Å²) in [6.45, 7) is 4.96. The smallest absolute Gasteiger partial charge is 0.242 e. The van der Waals surface area contributed by atoms with Crippen molar-refractivity contribution in [1.29, 1.82) is 0 Å². The van der Waals surface area contributed by atoms with Gasteiger partial charge in [-0.15, -0.1) is 0 Å². The van der Waals surface area contributed by atoms with Gasteiger partial charge in [-0.3, -0.25) is 9.79 Å². The van der Waals surface area contributed by atoms with Crippen LogP contribution < -0.4 is 10.6 Å². The van der Waals surface area contributed by atoms with Crippen LogP contribution in [0.5, 0.6) is 0 Å². The van der Waals surface area contributed by atoms with Crippen molar-refractivity contribution in [3.8, 4) is 0 Å². The van der Waals surface area contributed by atoms with E-state index in [4.69, 9.17) is 4.74 Å². The molecule has 0 aromatic heterocycles.